The number of nitrogens with zero attached hydrogens (tertiary/aromatic N) is 1. The van der Waals surface area contributed by atoms with Gasteiger partial charge in [-0.2, -0.15) is 4.31 Å². The van der Waals surface area contributed by atoms with E-state index in [2.05, 4.69) is 15.9 Å². The number of benzene rings is 1. The van der Waals surface area contributed by atoms with Crippen LogP contribution < -0.4 is 0 Å². The van der Waals surface area contributed by atoms with Crippen LogP contribution in [0.1, 0.15) is 6.92 Å². The molecule has 0 aliphatic carbocycles. The van der Waals surface area contributed by atoms with E-state index in [1.165, 1.54) is 25.4 Å². The van der Waals surface area contributed by atoms with E-state index >= 15 is 0 Å². The molecule has 8 heteroatoms. The van der Waals surface area contributed by atoms with Gasteiger partial charge in [-0.05, 0) is 25.1 Å². The summed E-state index contributed by atoms with van der Waals surface area (Å²) in [5.41, 5.74) is 0. The zero-order valence-electron chi connectivity index (χ0n) is 10.8. The molecule has 1 aromatic carbocycles. The van der Waals surface area contributed by atoms with Gasteiger partial charge in [0.2, 0.25) is 10.0 Å². The molecule has 1 rings (SSSR count). The molecule has 108 valence electrons. The highest BCUT2D eigenvalue weighted by atomic mass is 79.9. The van der Waals surface area contributed by atoms with Crippen molar-refractivity contribution in [2.75, 3.05) is 19.1 Å². The summed E-state index contributed by atoms with van der Waals surface area (Å²) >= 11 is 3.07. The van der Waals surface area contributed by atoms with Gasteiger partial charge in [-0.3, -0.25) is 4.21 Å². The molecule has 1 aromatic rings. The van der Waals surface area contributed by atoms with Crippen LogP contribution in [-0.4, -0.2) is 42.0 Å². The Kier molecular flexibility index (Phi) is 5.66. The Balaban J connectivity index is 3.13. The minimum atomic E-state index is -3.93. The lowest BCUT2D eigenvalue weighted by atomic mass is 10.3. The van der Waals surface area contributed by atoms with Crippen molar-refractivity contribution in [3.05, 3.63) is 28.5 Å². The number of hydrogen-bond donors (Lipinski definition) is 0. The summed E-state index contributed by atoms with van der Waals surface area (Å²) < 4.78 is 50.9. The minimum Gasteiger partial charge on any atom is -0.260 e. The monoisotopic (exact) mass is 371 g/mol. The molecular formula is C11H15BrFNO3S2. The fourth-order valence-electron chi connectivity index (χ4n) is 1.52. The molecular weight excluding hydrogens is 357 g/mol. The quantitative estimate of drug-likeness (QED) is 0.794. The zero-order valence-corrected chi connectivity index (χ0v) is 14.0. The second-order valence-electron chi connectivity index (χ2n) is 4.18. The van der Waals surface area contributed by atoms with Gasteiger partial charge in [0.05, 0.1) is 0 Å². The summed E-state index contributed by atoms with van der Waals surface area (Å²) in [6.45, 7) is 1.63. The van der Waals surface area contributed by atoms with E-state index in [0.29, 0.717) is 4.47 Å². The van der Waals surface area contributed by atoms with Crippen LogP contribution in [0.5, 0.6) is 0 Å². The van der Waals surface area contributed by atoms with Gasteiger partial charge in [0.1, 0.15) is 10.7 Å². The summed E-state index contributed by atoms with van der Waals surface area (Å²) in [5, 5.41) is 0. The van der Waals surface area contributed by atoms with Crippen LogP contribution in [0.15, 0.2) is 27.6 Å². The number of hydrogen-bond acceptors (Lipinski definition) is 3. The maximum Gasteiger partial charge on any atom is 0.246 e. The molecule has 0 aliphatic rings. The van der Waals surface area contributed by atoms with E-state index in [9.17, 15) is 17.0 Å². The van der Waals surface area contributed by atoms with Crippen LogP contribution in [0.25, 0.3) is 0 Å². The molecule has 0 spiro atoms. The molecule has 0 radical (unpaired) electrons. The number of halogens is 2. The second-order valence-corrected chi connectivity index (χ2v) is 8.55. The van der Waals surface area contributed by atoms with Crippen LogP contribution in [-0.2, 0) is 20.8 Å². The normalized spacial score (nSPS) is 15.5. The summed E-state index contributed by atoms with van der Waals surface area (Å²) in [6.07, 6.45) is 1.50. The average molecular weight is 372 g/mol. The molecule has 0 saturated heterocycles. The van der Waals surface area contributed by atoms with Crippen LogP contribution in [0.3, 0.4) is 0 Å². The maximum atomic E-state index is 13.7. The first-order valence-corrected chi connectivity index (χ1v) is 9.35. The Labute approximate surface area is 123 Å². The third kappa shape index (κ3) is 4.08. The van der Waals surface area contributed by atoms with Crippen molar-refractivity contribution in [3.63, 3.8) is 0 Å². The Morgan fingerprint density at radius 2 is 2.05 bits per heavy atom. The molecule has 0 aliphatic heterocycles. The van der Waals surface area contributed by atoms with E-state index in [1.807, 2.05) is 0 Å². The van der Waals surface area contributed by atoms with Crippen molar-refractivity contribution in [2.45, 2.75) is 17.9 Å². The molecule has 0 amide bonds. The van der Waals surface area contributed by atoms with Gasteiger partial charge in [-0.1, -0.05) is 15.9 Å². The van der Waals surface area contributed by atoms with Gasteiger partial charge < -0.3 is 0 Å². The third-order valence-electron chi connectivity index (χ3n) is 2.65. The predicted molar refractivity (Wildman–Crippen MR) is 77.4 cm³/mol. The van der Waals surface area contributed by atoms with Gasteiger partial charge in [-0.15, -0.1) is 0 Å². The molecule has 0 heterocycles. The molecule has 0 saturated carbocycles. The van der Waals surface area contributed by atoms with Crippen LogP contribution in [0.4, 0.5) is 4.39 Å². The minimum absolute atomic E-state index is 0.202. The molecule has 0 fully saturated rings. The molecule has 0 bridgehead atoms. The number of rotatable bonds is 5. The lowest BCUT2D eigenvalue weighted by Crippen LogP contribution is -2.38. The van der Waals surface area contributed by atoms with Gasteiger partial charge in [-0.25, -0.2) is 12.8 Å². The van der Waals surface area contributed by atoms with Crippen LogP contribution in [0, 0.1) is 5.82 Å². The summed E-state index contributed by atoms with van der Waals surface area (Å²) in [6, 6.07) is 3.30. The molecule has 4 nitrogen and oxygen atoms in total. The summed E-state index contributed by atoms with van der Waals surface area (Å²) in [5.74, 6) is -0.612. The predicted octanol–water partition coefficient (Wildman–Crippen LogP) is 1.98. The SMILES string of the molecule is CC(CS(C)=O)N(C)S(=O)(=O)c1ccc(Br)cc1F. The lowest BCUT2D eigenvalue weighted by Gasteiger charge is -2.23. The number of sulfonamides is 1. The van der Waals surface area contributed by atoms with Crippen molar-refractivity contribution in [1.82, 2.24) is 4.31 Å². The summed E-state index contributed by atoms with van der Waals surface area (Å²) in [4.78, 5) is -0.382. The Morgan fingerprint density at radius 1 is 1.47 bits per heavy atom. The largest absolute Gasteiger partial charge is 0.260 e. The third-order valence-corrected chi connectivity index (χ3v) is 6.10. The second kappa shape index (κ2) is 6.43. The maximum absolute atomic E-state index is 13.7. The van der Waals surface area contributed by atoms with Crippen molar-refractivity contribution >= 4 is 36.8 Å². The van der Waals surface area contributed by atoms with Gasteiger partial charge in [0, 0.05) is 40.4 Å². The first-order chi connectivity index (χ1) is 8.66. The topological polar surface area (TPSA) is 54.5 Å². The summed E-state index contributed by atoms with van der Waals surface area (Å²) in [7, 11) is -3.70. The Morgan fingerprint density at radius 3 is 2.53 bits per heavy atom. The van der Waals surface area contributed by atoms with Gasteiger partial charge in [0.25, 0.3) is 0 Å². The smallest absolute Gasteiger partial charge is 0.246 e. The van der Waals surface area contributed by atoms with Crippen molar-refractivity contribution in [1.29, 1.82) is 0 Å². The molecule has 2 unspecified atom stereocenters. The van der Waals surface area contributed by atoms with E-state index in [1.54, 1.807) is 6.92 Å². The highest BCUT2D eigenvalue weighted by molar-refractivity contribution is 9.10. The average Bonchev–Trinajstić information content (AvgIpc) is 2.26. The zero-order chi connectivity index (χ0) is 14.8. The fraction of sp³-hybridized carbons (Fsp3) is 0.455. The van der Waals surface area contributed by atoms with E-state index in [-0.39, 0.29) is 10.6 Å². The van der Waals surface area contributed by atoms with E-state index in [0.717, 1.165) is 10.4 Å². The first-order valence-electron chi connectivity index (χ1n) is 5.39. The molecule has 0 N–H and O–H groups in total. The Hall–Kier alpha value is -0.310. The van der Waals surface area contributed by atoms with Crippen molar-refractivity contribution < 1.29 is 17.0 Å². The molecule has 19 heavy (non-hydrogen) atoms. The van der Waals surface area contributed by atoms with Crippen molar-refractivity contribution in [3.8, 4) is 0 Å². The lowest BCUT2D eigenvalue weighted by molar-refractivity contribution is 0.409. The standard InChI is InChI=1S/C11H15BrFNO3S2/c1-8(7-18(3)15)14(2)19(16,17)11-5-4-9(12)6-10(11)13/h4-6,8H,7H2,1-3H3. The van der Waals surface area contributed by atoms with Gasteiger partial charge >= 0.3 is 0 Å². The van der Waals surface area contributed by atoms with Crippen LogP contribution in [0.2, 0.25) is 0 Å². The van der Waals surface area contributed by atoms with Crippen LogP contribution >= 0.6 is 15.9 Å². The first kappa shape index (κ1) is 16.7. The highest BCUT2D eigenvalue weighted by Crippen LogP contribution is 2.23. The van der Waals surface area contributed by atoms with E-state index in [4.69, 9.17) is 0 Å². The highest BCUT2D eigenvalue weighted by Gasteiger charge is 2.28. The molecule has 0 aromatic heterocycles. The van der Waals surface area contributed by atoms with E-state index < -0.39 is 32.7 Å². The van der Waals surface area contributed by atoms with Gasteiger partial charge in [0.15, 0.2) is 0 Å². The molecule has 2 atom stereocenters. The van der Waals surface area contributed by atoms with Crippen molar-refractivity contribution in [2.24, 2.45) is 0 Å². The fourth-order valence-corrected chi connectivity index (χ4v) is 4.26. The Bertz CT molecular complexity index is 592.